The molecule has 0 aliphatic rings. The Labute approximate surface area is 110 Å². The van der Waals surface area contributed by atoms with Gasteiger partial charge in [0, 0.05) is 23.3 Å². The molecule has 0 fully saturated rings. The maximum Gasteiger partial charge on any atom is 0.226 e. The number of hydrogen-bond donors (Lipinski definition) is 1. The minimum absolute atomic E-state index is 0.578. The highest BCUT2D eigenvalue weighted by atomic mass is 32.1. The average Bonchev–Trinajstić information content (AvgIpc) is 2.80. The Morgan fingerprint density at radius 3 is 3.00 bits per heavy atom. The van der Waals surface area contributed by atoms with Crippen LogP contribution in [0.3, 0.4) is 0 Å². The topological polar surface area (TPSA) is 59.9 Å². The van der Waals surface area contributed by atoms with Gasteiger partial charge in [-0.3, -0.25) is 0 Å². The molecule has 6 heteroatoms. The quantitative estimate of drug-likeness (QED) is 0.869. The molecule has 0 bridgehead atoms. The third-order valence-electron chi connectivity index (χ3n) is 2.17. The predicted molar refractivity (Wildman–Crippen MR) is 72.0 cm³/mol. The molecule has 2 rings (SSSR count). The number of hydrogen-bond acceptors (Lipinski definition) is 6. The molecule has 2 aromatic heterocycles. The van der Waals surface area contributed by atoms with Gasteiger partial charge in [-0.25, -0.2) is 9.97 Å². The van der Waals surface area contributed by atoms with Crippen LogP contribution in [0.1, 0.15) is 23.2 Å². The van der Waals surface area contributed by atoms with Crippen molar-refractivity contribution in [1.82, 2.24) is 15.0 Å². The molecule has 2 aromatic rings. The number of anilines is 1. The first kappa shape index (κ1) is 12.8. The second-order valence-electron chi connectivity index (χ2n) is 3.77. The van der Waals surface area contributed by atoms with Gasteiger partial charge in [-0.05, 0) is 13.3 Å². The van der Waals surface area contributed by atoms with Crippen LogP contribution < -0.4 is 10.1 Å². The largest absolute Gasteiger partial charge is 0.478 e. The van der Waals surface area contributed by atoms with Crippen LogP contribution in [-0.4, -0.2) is 21.6 Å². The van der Waals surface area contributed by atoms with E-state index in [1.165, 1.54) is 0 Å². The highest BCUT2D eigenvalue weighted by Gasteiger charge is 2.02. The van der Waals surface area contributed by atoms with E-state index in [1.54, 1.807) is 23.6 Å². The molecule has 0 aromatic carbocycles. The Balaban J connectivity index is 1.92. The third-order valence-corrected chi connectivity index (χ3v) is 3.09. The lowest BCUT2D eigenvalue weighted by atomic mass is 10.5. The second kappa shape index (κ2) is 6.30. The SMILES string of the molecule is CCCOc1ccnc(NCc2cnc(C)s2)n1. The maximum absolute atomic E-state index is 5.45. The van der Waals surface area contributed by atoms with Crippen molar-refractivity contribution in [2.24, 2.45) is 0 Å². The number of nitrogens with zero attached hydrogens (tertiary/aromatic N) is 3. The summed E-state index contributed by atoms with van der Waals surface area (Å²) in [6.07, 6.45) is 4.52. The van der Waals surface area contributed by atoms with Crippen LogP contribution in [-0.2, 0) is 6.54 Å². The molecular formula is C12H16N4OS. The third kappa shape index (κ3) is 3.66. The standard InChI is InChI=1S/C12H16N4OS/c1-3-6-17-11-4-5-13-12(16-11)15-8-10-7-14-9(2)18-10/h4-5,7H,3,6,8H2,1-2H3,(H,13,15,16). The highest BCUT2D eigenvalue weighted by Crippen LogP contribution is 2.14. The molecule has 0 aliphatic heterocycles. The summed E-state index contributed by atoms with van der Waals surface area (Å²) in [4.78, 5) is 13.8. The number of thiazole rings is 1. The number of rotatable bonds is 6. The average molecular weight is 264 g/mol. The summed E-state index contributed by atoms with van der Waals surface area (Å²) in [6.45, 7) is 5.41. The molecule has 0 saturated heterocycles. The summed E-state index contributed by atoms with van der Waals surface area (Å²) >= 11 is 1.66. The molecular weight excluding hydrogens is 248 g/mol. The Bertz CT molecular complexity index is 500. The van der Waals surface area contributed by atoms with Crippen molar-refractivity contribution >= 4 is 17.3 Å². The molecule has 2 heterocycles. The van der Waals surface area contributed by atoms with Gasteiger partial charge in [0.25, 0.3) is 0 Å². The van der Waals surface area contributed by atoms with E-state index in [0.29, 0.717) is 25.0 Å². The van der Waals surface area contributed by atoms with Crippen molar-refractivity contribution in [3.8, 4) is 5.88 Å². The molecule has 0 radical (unpaired) electrons. The van der Waals surface area contributed by atoms with E-state index < -0.39 is 0 Å². The van der Waals surface area contributed by atoms with Crippen LogP contribution in [0, 0.1) is 6.92 Å². The first-order valence-corrected chi connectivity index (χ1v) is 6.70. The van der Waals surface area contributed by atoms with Crippen LogP contribution in [0.5, 0.6) is 5.88 Å². The molecule has 0 atom stereocenters. The van der Waals surface area contributed by atoms with Crippen LogP contribution in [0.25, 0.3) is 0 Å². The molecule has 0 unspecified atom stereocenters. The summed E-state index contributed by atoms with van der Waals surface area (Å²) in [5.41, 5.74) is 0. The normalized spacial score (nSPS) is 10.3. The summed E-state index contributed by atoms with van der Waals surface area (Å²) < 4.78 is 5.45. The van der Waals surface area contributed by atoms with Crippen molar-refractivity contribution in [3.63, 3.8) is 0 Å². The molecule has 96 valence electrons. The number of ether oxygens (including phenoxy) is 1. The summed E-state index contributed by atoms with van der Waals surface area (Å²) in [5, 5.41) is 4.22. The first-order valence-electron chi connectivity index (χ1n) is 5.89. The Hall–Kier alpha value is -1.69. The zero-order chi connectivity index (χ0) is 12.8. The van der Waals surface area contributed by atoms with E-state index in [2.05, 4.69) is 27.2 Å². The molecule has 0 aliphatic carbocycles. The van der Waals surface area contributed by atoms with Crippen molar-refractivity contribution < 1.29 is 4.74 Å². The second-order valence-corrected chi connectivity index (χ2v) is 5.09. The van der Waals surface area contributed by atoms with E-state index in [9.17, 15) is 0 Å². The first-order chi connectivity index (χ1) is 8.78. The van der Waals surface area contributed by atoms with Crippen molar-refractivity contribution in [1.29, 1.82) is 0 Å². The van der Waals surface area contributed by atoms with Gasteiger partial charge in [-0.2, -0.15) is 4.98 Å². The van der Waals surface area contributed by atoms with Crippen molar-refractivity contribution in [3.05, 3.63) is 28.3 Å². The number of nitrogens with one attached hydrogen (secondary N) is 1. The summed E-state index contributed by atoms with van der Waals surface area (Å²) in [7, 11) is 0. The van der Waals surface area contributed by atoms with Crippen LogP contribution in [0.15, 0.2) is 18.5 Å². The minimum atomic E-state index is 0.578. The van der Waals surface area contributed by atoms with Crippen LogP contribution >= 0.6 is 11.3 Å². The predicted octanol–water partition coefficient (Wildman–Crippen LogP) is 2.64. The van der Waals surface area contributed by atoms with Gasteiger partial charge in [0.15, 0.2) is 0 Å². The Morgan fingerprint density at radius 2 is 2.28 bits per heavy atom. The Kier molecular flexibility index (Phi) is 4.46. The lowest BCUT2D eigenvalue weighted by Crippen LogP contribution is -2.04. The molecule has 0 saturated carbocycles. The molecule has 18 heavy (non-hydrogen) atoms. The fraction of sp³-hybridized carbons (Fsp3) is 0.417. The molecule has 0 amide bonds. The molecule has 0 spiro atoms. The molecule has 1 N–H and O–H groups in total. The highest BCUT2D eigenvalue weighted by molar-refractivity contribution is 7.11. The fourth-order valence-electron chi connectivity index (χ4n) is 1.37. The number of aromatic nitrogens is 3. The summed E-state index contributed by atoms with van der Waals surface area (Å²) in [5.74, 6) is 1.18. The number of aryl methyl sites for hydroxylation is 1. The van der Waals surface area contributed by atoms with Gasteiger partial charge in [-0.1, -0.05) is 6.92 Å². The monoisotopic (exact) mass is 264 g/mol. The molecule has 5 nitrogen and oxygen atoms in total. The van der Waals surface area contributed by atoms with E-state index in [4.69, 9.17) is 4.74 Å². The fourth-order valence-corrected chi connectivity index (χ4v) is 2.10. The van der Waals surface area contributed by atoms with E-state index in [1.807, 2.05) is 13.1 Å². The van der Waals surface area contributed by atoms with Crippen molar-refractivity contribution in [2.75, 3.05) is 11.9 Å². The van der Waals surface area contributed by atoms with Gasteiger partial charge < -0.3 is 10.1 Å². The van der Waals surface area contributed by atoms with Crippen molar-refractivity contribution in [2.45, 2.75) is 26.8 Å². The van der Waals surface area contributed by atoms with E-state index in [-0.39, 0.29) is 0 Å². The minimum Gasteiger partial charge on any atom is -0.478 e. The van der Waals surface area contributed by atoms with Crippen LogP contribution in [0.4, 0.5) is 5.95 Å². The maximum atomic E-state index is 5.45. The van der Waals surface area contributed by atoms with Gasteiger partial charge in [-0.15, -0.1) is 11.3 Å². The van der Waals surface area contributed by atoms with Gasteiger partial charge >= 0.3 is 0 Å². The smallest absolute Gasteiger partial charge is 0.226 e. The Morgan fingerprint density at radius 1 is 1.39 bits per heavy atom. The lowest BCUT2D eigenvalue weighted by molar-refractivity contribution is 0.305. The van der Waals surface area contributed by atoms with Gasteiger partial charge in [0.05, 0.1) is 18.2 Å². The lowest BCUT2D eigenvalue weighted by Gasteiger charge is -2.06. The summed E-state index contributed by atoms with van der Waals surface area (Å²) in [6, 6.07) is 1.76. The van der Waals surface area contributed by atoms with E-state index >= 15 is 0 Å². The van der Waals surface area contributed by atoms with Crippen LogP contribution in [0.2, 0.25) is 0 Å². The van der Waals surface area contributed by atoms with Gasteiger partial charge in [0.1, 0.15) is 0 Å². The zero-order valence-corrected chi connectivity index (χ0v) is 11.3. The van der Waals surface area contributed by atoms with E-state index in [0.717, 1.165) is 16.3 Å². The van der Waals surface area contributed by atoms with Gasteiger partial charge in [0.2, 0.25) is 11.8 Å². The zero-order valence-electron chi connectivity index (χ0n) is 10.5.